The van der Waals surface area contributed by atoms with Crippen LogP contribution in [-0.2, 0) is 4.74 Å². The summed E-state index contributed by atoms with van der Waals surface area (Å²) in [5.41, 5.74) is 0. The van der Waals surface area contributed by atoms with Gasteiger partial charge < -0.3 is 9.15 Å². The first-order valence-electron chi connectivity index (χ1n) is 4.42. The maximum atomic E-state index is 11.3. The molecule has 1 heterocycles. The van der Waals surface area contributed by atoms with E-state index in [0.29, 0.717) is 24.9 Å². The second-order valence-electron chi connectivity index (χ2n) is 2.79. The number of carbonyl (C=O) groups excluding carboxylic acids is 1. The van der Waals surface area contributed by atoms with Crippen molar-refractivity contribution in [3.8, 4) is 0 Å². The van der Waals surface area contributed by atoms with Crippen LogP contribution in [0, 0.1) is 0 Å². The van der Waals surface area contributed by atoms with Crippen LogP contribution in [0.1, 0.15) is 10.6 Å². The summed E-state index contributed by atoms with van der Waals surface area (Å²) < 4.78 is 9.87. The Morgan fingerprint density at radius 2 is 2.20 bits per heavy atom. The molecule has 0 aromatic carbocycles. The van der Waals surface area contributed by atoms with Crippen molar-refractivity contribution in [2.45, 2.75) is 0 Å². The number of carbonyl (C=O) groups is 1. The molecule has 0 bridgehead atoms. The number of thiol groups is 2. The lowest BCUT2D eigenvalue weighted by molar-refractivity contribution is 0.0442. The van der Waals surface area contributed by atoms with Gasteiger partial charge in [-0.1, -0.05) is 0 Å². The van der Waals surface area contributed by atoms with E-state index in [4.69, 9.17) is 9.15 Å². The first kappa shape index (κ1) is 12.5. The molecule has 0 aliphatic rings. The third kappa shape index (κ3) is 4.19. The molecule has 0 aliphatic heterocycles. The van der Waals surface area contributed by atoms with Crippen LogP contribution in [0.25, 0.3) is 0 Å². The lowest BCUT2D eigenvalue weighted by Crippen LogP contribution is -2.26. The molecule has 0 fully saturated rings. The van der Waals surface area contributed by atoms with Crippen molar-refractivity contribution in [3.63, 3.8) is 0 Å². The molecule has 0 radical (unpaired) electrons. The number of nitrogens with zero attached hydrogens (tertiary/aromatic N) is 1. The van der Waals surface area contributed by atoms with Crippen LogP contribution in [0.15, 0.2) is 22.8 Å². The molecule has 6 heteroatoms. The van der Waals surface area contributed by atoms with Crippen LogP contribution in [-0.4, -0.2) is 35.8 Å². The van der Waals surface area contributed by atoms with E-state index in [1.54, 1.807) is 12.1 Å². The predicted octanol–water partition coefficient (Wildman–Crippen LogP) is 1.51. The number of esters is 1. The van der Waals surface area contributed by atoms with Crippen LogP contribution in [0.2, 0.25) is 0 Å². The Labute approximate surface area is 99.4 Å². The Morgan fingerprint density at radius 3 is 2.73 bits per heavy atom. The molecule has 1 aromatic rings. The molecule has 0 N–H and O–H groups in total. The molecule has 1 aromatic heterocycles. The highest BCUT2D eigenvalue weighted by molar-refractivity contribution is 7.81. The molecule has 0 saturated heterocycles. The van der Waals surface area contributed by atoms with E-state index in [1.807, 2.05) is 4.90 Å². The monoisotopic (exact) mass is 247 g/mol. The Bertz CT molecular complexity index is 286. The van der Waals surface area contributed by atoms with Gasteiger partial charge in [-0.05, 0) is 12.1 Å². The van der Waals surface area contributed by atoms with Gasteiger partial charge in [0.2, 0.25) is 5.76 Å². The number of ether oxygens (including phenoxy) is 1. The van der Waals surface area contributed by atoms with E-state index < -0.39 is 5.97 Å². The van der Waals surface area contributed by atoms with E-state index in [2.05, 4.69) is 25.3 Å². The molecule has 4 nitrogen and oxygen atoms in total. The minimum absolute atomic E-state index is 0.221. The fraction of sp³-hybridized carbons (Fsp3) is 0.444. The van der Waals surface area contributed by atoms with Crippen molar-refractivity contribution < 1.29 is 13.9 Å². The van der Waals surface area contributed by atoms with Crippen molar-refractivity contribution in [1.82, 2.24) is 4.90 Å². The zero-order chi connectivity index (χ0) is 11.1. The summed E-state index contributed by atoms with van der Waals surface area (Å²) in [5.74, 6) is 0.945. The summed E-state index contributed by atoms with van der Waals surface area (Å²) in [4.78, 5) is 13.2. The van der Waals surface area contributed by atoms with Gasteiger partial charge in [0, 0.05) is 18.3 Å². The van der Waals surface area contributed by atoms with Crippen molar-refractivity contribution in [2.24, 2.45) is 0 Å². The molecule has 0 saturated carbocycles. The van der Waals surface area contributed by atoms with Crippen LogP contribution in [0.4, 0.5) is 0 Å². The van der Waals surface area contributed by atoms with Gasteiger partial charge in [-0.3, -0.25) is 4.90 Å². The van der Waals surface area contributed by atoms with Gasteiger partial charge in [-0.25, -0.2) is 4.79 Å². The highest BCUT2D eigenvalue weighted by atomic mass is 32.1. The minimum Gasteiger partial charge on any atom is -0.458 e. The van der Waals surface area contributed by atoms with Gasteiger partial charge in [0.05, 0.1) is 6.26 Å². The SMILES string of the molecule is O=C(OCCN(CS)CS)c1ccco1. The topological polar surface area (TPSA) is 42.7 Å². The Hall–Kier alpha value is -0.590. The Kier molecular flexibility index (Phi) is 5.67. The molecule has 0 spiro atoms. The summed E-state index contributed by atoms with van der Waals surface area (Å²) in [6, 6.07) is 3.21. The molecular formula is C9H13NO3S2. The summed E-state index contributed by atoms with van der Waals surface area (Å²) in [6.45, 7) is 0.917. The number of hydrogen-bond donors (Lipinski definition) is 2. The third-order valence-corrected chi connectivity index (χ3v) is 2.56. The zero-order valence-electron chi connectivity index (χ0n) is 8.13. The second kappa shape index (κ2) is 6.81. The second-order valence-corrected chi connectivity index (χ2v) is 3.36. The quantitative estimate of drug-likeness (QED) is 0.454. The van der Waals surface area contributed by atoms with Crippen LogP contribution < -0.4 is 0 Å². The Morgan fingerprint density at radius 1 is 1.47 bits per heavy atom. The molecule has 84 valence electrons. The molecule has 0 aliphatic carbocycles. The molecule has 1 rings (SSSR count). The maximum Gasteiger partial charge on any atom is 0.374 e. The van der Waals surface area contributed by atoms with Crippen LogP contribution in [0.5, 0.6) is 0 Å². The average Bonchev–Trinajstić information content (AvgIpc) is 2.77. The van der Waals surface area contributed by atoms with E-state index in [-0.39, 0.29) is 5.76 Å². The lowest BCUT2D eigenvalue weighted by atomic mass is 10.4. The summed E-state index contributed by atoms with van der Waals surface area (Å²) >= 11 is 8.20. The van der Waals surface area contributed by atoms with E-state index in [1.165, 1.54) is 6.26 Å². The van der Waals surface area contributed by atoms with E-state index >= 15 is 0 Å². The summed E-state index contributed by atoms with van der Waals surface area (Å²) in [6.07, 6.45) is 1.43. The highest BCUT2D eigenvalue weighted by Crippen LogP contribution is 2.02. The molecule has 0 unspecified atom stereocenters. The van der Waals surface area contributed by atoms with Gasteiger partial charge in [-0.15, -0.1) is 0 Å². The summed E-state index contributed by atoms with van der Waals surface area (Å²) in [7, 11) is 0. The van der Waals surface area contributed by atoms with Gasteiger partial charge in [0.15, 0.2) is 0 Å². The maximum absolute atomic E-state index is 11.3. The van der Waals surface area contributed by atoms with Gasteiger partial charge in [-0.2, -0.15) is 25.3 Å². The van der Waals surface area contributed by atoms with Gasteiger partial charge >= 0.3 is 5.97 Å². The normalized spacial score (nSPS) is 10.6. The number of rotatable bonds is 6. The smallest absolute Gasteiger partial charge is 0.374 e. The highest BCUT2D eigenvalue weighted by Gasteiger charge is 2.10. The van der Waals surface area contributed by atoms with Crippen molar-refractivity contribution in [3.05, 3.63) is 24.2 Å². The zero-order valence-corrected chi connectivity index (χ0v) is 9.92. The minimum atomic E-state index is -0.446. The molecule has 15 heavy (non-hydrogen) atoms. The fourth-order valence-electron chi connectivity index (χ4n) is 0.919. The van der Waals surface area contributed by atoms with Crippen molar-refractivity contribution in [1.29, 1.82) is 0 Å². The van der Waals surface area contributed by atoms with Crippen LogP contribution >= 0.6 is 25.3 Å². The van der Waals surface area contributed by atoms with E-state index in [0.717, 1.165) is 0 Å². The first-order chi connectivity index (χ1) is 7.27. The molecule has 0 atom stereocenters. The first-order valence-corrected chi connectivity index (χ1v) is 5.69. The largest absolute Gasteiger partial charge is 0.458 e. The van der Waals surface area contributed by atoms with Crippen molar-refractivity contribution in [2.75, 3.05) is 24.9 Å². The standard InChI is InChI=1S/C9H13NO3S2/c11-9(8-2-1-4-12-8)13-5-3-10(6-14)7-15/h1-2,4,14-15H,3,5-7H2. The summed E-state index contributed by atoms with van der Waals surface area (Å²) in [5, 5.41) is 0. The Balaban J connectivity index is 2.23. The fourth-order valence-corrected chi connectivity index (χ4v) is 1.56. The average molecular weight is 247 g/mol. The van der Waals surface area contributed by atoms with Gasteiger partial charge in [0.1, 0.15) is 6.61 Å². The number of furan rings is 1. The molecule has 0 amide bonds. The van der Waals surface area contributed by atoms with Crippen molar-refractivity contribution >= 4 is 31.2 Å². The van der Waals surface area contributed by atoms with Gasteiger partial charge in [0.25, 0.3) is 0 Å². The third-order valence-electron chi connectivity index (χ3n) is 1.76. The van der Waals surface area contributed by atoms with Crippen LogP contribution in [0.3, 0.4) is 0 Å². The number of hydrogen-bond acceptors (Lipinski definition) is 6. The molecular weight excluding hydrogens is 234 g/mol. The predicted molar refractivity (Wildman–Crippen MR) is 63.4 cm³/mol. The lowest BCUT2D eigenvalue weighted by Gasteiger charge is -2.15. The van der Waals surface area contributed by atoms with E-state index in [9.17, 15) is 4.79 Å².